The van der Waals surface area contributed by atoms with Crippen LogP contribution in [-0.4, -0.2) is 92.8 Å². The first-order chi connectivity index (χ1) is 24.2. The summed E-state index contributed by atoms with van der Waals surface area (Å²) in [7, 11) is 6.01. The van der Waals surface area contributed by atoms with E-state index in [0.717, 1.165) is 96.6 Å². The molecule has 0 saturated carbocycles. The molecule has 3 aromatic carbocycles. The average molecular weight is 699 g/mol. The SMILES string of the molecule is Cc1ccc(NC(=O)CN(C)CCCCC(CCCN(C)CC(=O)Nc2c(C)cccc2C)CN(C)CC(=O)Nc2c(C)cccc2C)c(C)c1. The monoisotopic (exact) mass is 698 g/mol. The molecule has 1 atom stereocenters. The molecular formula is C42H62N6O3. The van der Waals surface area contributed by atoms with Crippen LogP contribution in [0.3, 0.4) is 0 Å². The number of nitrogens with zero attached hydrogens (tertiary/aromatic N) is 3. The van der Waals surface area contributed by atoms with Gasteiger partial charge in [-0.1, -0.05) is 60.5 Å². The highest BCUT2D eigenvalue weighted by Gasteiger charge is 2.17. The number of unbranched alkanes of at least 4 members (excludes halogenated alkanes) is 1. The Hall–Kier alpha value is -4.05. The zero-order chi connectivity index (χ0) is 37.5. The van der Waals surface area contributed by atoms with Crippen molar-refractivity contribution in [3.8, 4) is 0 Å². The number of carbonyl (C=O) groups excluding carboxylic acids is 3. The van der Waals surface area contributed by atoms with E-state index >= 15 is 0 Å². The molecule has 1 unspecified atom stereocenters. The van der Waals surface area contributed by atoms with Gasteiger partial charge in [-0.2, -0.15) is 0 Å². The van der Waals surface area contributed by atoms with Crippen LogP contribution in [0, 0.1) is 47.5 Å². The third-order valence-corrected chi connectivity index (χ3v) is 9.51. The molecule has 0 aliphatic heterocycles. The van der Waals surface area contributed by atoms with E-state index in [9.17, 15) is 14.4 Å². The summed E-state index contributed by atoms with van der Waals surface area (Å²) < 4.78 is 0. The van der Waals surface area contributed by atoms with Crippen LogP contribution in [0.2, 0.25) is 0 Å². The minimum atomic E-state index is -0.0102. The molecule has 0 bridgehead atoms. The molecule has 0 aromatic heterocycles. The van der Waals surface area contributed by atoms with Crippen LogP contribution in [0.25, 0.3) is 0 Å². The van der Waals surface area contributed by atoms with E-state index in [0.29, 0.717) is 25.6 Å². The number of anilines is 3. The lowest BCUT2D eigenvalue weighted by Gasteiger charge is -2.25. The molecule has 3 aromatic rings. The third-order valence-electron chi connectivity index (χ3n) is 9.51. The van der Waals surface area contributed by atoms with E-state index in [2.05, 4.69) is 36.7 Å². The van der Waals surface area contributed by atoms with Crippen LogP contribution in [0.5, 0.6) is 0 Å². The minimum absolute atomic E-state index is 0.00467. The number of aryl methyl sites for hydroxylation is 6. The largest absolute Gasteiger partial charge is 0.325 e. The highest BCUT2D eigenvalue weighted by molar-refractivity contribution is 5.94. The number of amides is 3. The van der Waals surface area contributed by atoms with Gasteiger partial charge in [0.15, 0.2) is 0 Å². The van der Waals surface area contributed by atoms with Crippen molar-refractivity contribution in [2.75, 3.05) is 76.4 Å². The second kappa shape index (κ2) is 20.7. The molecule has 9 nitrogen and oxygen atoms in total. The zero-order valence-corrected chi connectivity index (χ0v) is 32.6. The van der Waals surface area contributed by atoms with Gasteiger partial charge < -0.3 is 16.0 Å². The lowest BCUT2D eigenvalue weighted by Crippen LogP contribution is -2.35. The second-order valence-corrected chi connectivity index (χ2v) is 14.7. The van der Waals surface area contributed by atoms with Gasteiger partial charge in [0.2, 0.25) is 17.7 Å². The molecule has 51 heavy (non-hydrogen) atoms. The second-order valence-electron chi connectivity index (χ2n) is 14.7. The lowest BCUT2D eigenvalue weighted by molar-refractivity contribution is -0.118. The molecule has 0 fully saturated rings. The van der Waals surface area contributed by atoms with Gasteiger partial charge in [-0.05, 0) is 141 Å². The first-order valence-corrected chi connectivity index (χ1v) is 18.4. The molecule has 3 amide bonds. The van der Waals surface area contributed by atoms with E-state index < -0.39 is 0 Å². The van der Waals surface area contributed by atoms with E-state index in [-0.39, 0.29) is 17.7 Å². The van der Waals surface area contributed by atoms with Crippen LogP contribution >= 0.6 is 0 Å². The van der Waals surface area contributed by atoms with E-state index in [1.165, 1.54) is 5.56 Å². The van der Waals surface area contributed by atoms with Gasteiger partial charge in [0.25, 0.3) is 0 Å². The fraction of sp³-hybridized carbons (Fsp3) is 0.500. The Morgan fingerprint density at radius 3 is 1.51 bits per heavy atom. The molecule has 0 aliphatic carbocycles. The van der Waals surface area contributed by atoms with Crippen molar-refractivity contribution < 1.29 is 14.4 Å². The topological polar surface area (TPSA) is 97.0 Å². The Balaban J connectivity index is 1.50. The predicted octanol–water partition coefficient (Wildman–Crippen LogP) is 7.12. The van der Waals surface area contributed by atoms with Crippen LogP contribution in [0.15, 0.2) is 54.6 Å². The average Bonchev–Trinajstić information content (AvgIpc) is 3.04. The standard InChI is InChI=1S/C42H62N6O3/c1-30-21-22-37(35(6)25-30)43-38(49)27-46(7)23-11-10-19-36(26-48(9)29-40(51)45-42-33(4)17-13-18-34(42)5)20-14-24-47(8)28-39(50)44-41-31(2)15-12-16-32(41)3/h12-13,15-18,21-22,25,36H,10-11,14,19-20,23-24,26-29H2,1-9H3,(H,43,49)(H,44,50)(H,45,51). The highest BCUT2D eigenvalue weighted by Crippen LogP contribution is 2.22. The lowest BCUT2D eigenvalue weighted by atomic mass is 9.95. The van der Waals surface area contributed by atoms with E-state index in [4.69, 9.17) is 0 Å². The Morgan fingerprint density at radius 2 is 1.00 bits per heavy atom. The number of likely N-dealkylation sites (N-methyl/N-ethyl adjacent to an activating group) is 3. The van der Waals surface area contributed by atoms with Crippen molar-refractivity contribution in [3.05, 3.63) is 88.0 Å². The highest BCUT2D eigenvalue weighted by atomic mass is 16.2. The number of hydrogen-bond donors (Lipinski definition) is 3. The number of para-hydroxylation sites is 2. The molecule has 278 valence electrons. The summed E-state index contributed by atoms with van der Waals surface area (Å²) in [4.78, 5) is 44.8. The summed E-state index contributed by atoms with van der Waals surface area (Å²) in [5, 5.41) is 9.26. The summed E-state index contributed by atoms with van der Waals surface area (Å²) in [6.07, 6.45) is 5.00. The molecule has 3 N–H and O–H groups in total. The van der Waals surface area contributed by atoms with Crippen molar-refractivity contribution in [3.63, 3.8) is 0 Å². The maximum absolute atomic E-state index is 13.0. The van der Waals surface area contributed by atoms with Crippen LogP contribution in [0.1, 0.15) is 65.5 Å². The first-order valence-electron chi connectivity index (χ1n) is 18.4. The molecule has 0 radical (unpaired) electrons. The normalized spacial score (nSPS) is 12.0. The van der Waals surface area contributed by atoms with Gasteiger partial charge in [0, 0.05) is 23.6 Å². The maximum Gasteiger partial charge on any atom is 0.238 e. The van der Waals surface area contributed by atoms with Crippen LogP contribution in [0.4, 0.5) is 17.1 Å². The quantitative estimate of drug-likeness (QED) is 0.109. The zero-order valence-electron chi connectivity index (χ0n) is 32.6. The van der Waals surface area contributed by atoms with Gasteiger partial charge in [-0.3, -0.25) is 29.1 Å². The Labute approximate surface area is 307 Å². The smallest absolute Gasteiger partial charge is 0.238 e. The molecule has 0 heterocycles. The Morgan fingerprint density at radius 1 is 0.549 bits per heavy atom. The Kier molecular flexibility index (Phi) is 16.8. The summed E-state index contributed by atoms with van der Waals surface area (Å²) in [5.41, 5.74) is 9.14. The first kappa shape index (κ1) is 41.4. The fourth-order valence-corrected chi connectivity index (χ4v) is 6.72. The summed E-state index contributed by atoms with van der Waals surface area (Å²) in [6, 6.07) is 18.1. The van der Waals surface area contributed by atoms with Gasteiger partial charge in [-0.15, -0.1) is 0 Å². The number of hydrogen-bond acceptors (Lipinski definition) is 6. The van der Waals surface area contributed by atoms with E-state index in [1.807, 2.05) is 111 Å². The van der Waals surface area contributed by atoms with Gasteiger partial charge in [0.1, 0.15) is 0 Å². The van der Waals surface area contributed by atoms with Crippen molar-refractivity contribution in [1.82, 2.24) is 14.7 Å². The molecule has 3 rings (SSSR count). The summed E-state index contributed by atoms with van der Waals surface area (Å²) in [5.74, 6) is 0.379. The molecule has 0 spiro atoms. The number of benzene rings is 3. The third kappa shape index (κ3) is 14.6. The Bertz CT molecular complexity index is 1560. The number of carbonyl (C=O) groups is 3. The van der Waals surface area contributed by atoms with Crippen LogP contribution in [-0.2, 0) is 14.4 Å². The van der Waals surface area contributed by atoms with Gasteiger partial charge in [0.05, 0.1) is 19.6 Å². The molecular weight excluding hydrogens is 637 g/mol. The predicted molar refractivity (Wildman–Crippen MR) is 213 cm³/mol. The summed E-state index contributed by atoms with van der Waals surface area (Å²) in [6.45, 7) is 15.6. The minimum Gasteiger partial charge on any atom is -0.325 e. The molecule has 0 saturated heterocycles. The van der Waals surface area contributed by atoms with Gasteiger partial charge >= 0.3 is 0 Å². The van der Waals surface area contributed by atoms with Crippen molar-refractivity contribution in [1.29, 1.82) is 0 Å². The van der Waals surface area contributed by atoms with E-state index in [1.54, 1.807) is 0 Å². The van der Waals surface area contributed by atoms with Crippen molar-refractivity contribution in [2.45, 2.75) is 73.6 Å². The van der Waals surface area contributed by atoms with Crippen molar-refractivity contribution >= 4 is 34.8 Å². The van der Waals surface area contributed by atoms with Crippen molar-refractivity contribution in [2.24, 2.45) is 5.92 Å². The molecule has 0 aliphatic rings. The summed E-state index contributed by atoms with van der Waals surface area (Å²) >= 11 is 0. The molecule has 9 heteroatoms. The maximum atomic E-state index is 13.0. The van der Waals surface area contributed by atoms with Crippen LogP contribution < -0.4 is 16.0 Å². The van der Waals surface area contributed by atoms with Gasteiger partial charge in [-0.25, -0.2) is 0 Å². The fourth-order valence-electron chi connectivity index (χ4n) is 6.72. The number of rotatable bonds is 20. The number of nitrogens with one attached hydrogen (secondary N) is 3.